The number of carbonyl (C=O) groups is 1. The molecule has 9 heteroatoms. The average Bonchev–Trinajstić information content (AvgIpc) is 3.01. The number of amides is 1. The van der Waals surface area contributed by atoms with Gasteiger partial charge in [-0.15, -0.1) is 0 Å². The summed E-state index contributed by atoms with van der Waals surface area (Å²) in [7, 11) is -3.65. The third-order valence-corrected chi connectivity index (χ3v) is 6.04. The third kappa shape index (κ3) is 5.32. The third-order valence-electron chi connectivity index (χ3n) is 4.00. The van der Waals surface area contributed by atoms with Gasteiger partial charge in [0.1, 0.15) is 12.3 Å². The van der Waals surface area contributed by atoms with Crippen LogP contribution in [-0.4, -0.2) is 47.6 Å². The molecule has 1 aromatic heterocycles. The van der Waals surface area contributed by atoms with Crippen molar-refractivity contribution in [2.45, 2.75) is 52.2 Å². The summed E-state index contributed by atoms with van der Waals surface area (Å²) in [6.07, 6.45) is 3.29. The fourth-order valence-corrected chi connectivity index (χ4v) is 4.21. The van der Waals surface area contributed by atoms with Crippen LogP contribution in [-0.2, 0) is 21.4 Å². The molecule has 1 N–H and O–H groups in total. The number of aryl methyl sites for hydroxylation is 1. The van der Waals surface area contributed by atoms with E-state index in [1.807, 2.05) is 20.8 Å². The molecule has 0 saturated carbocycles. The highest BCUT2D eigenvalue weighted by molar-refractivity contribution is 7.89. The van der Waals surface area contributed by atoms with Gasteiger partial charge in [0.15, 0.2) is 0 Å². The van der Waals surface area contributed by atoms with E-state index in [2.05, 4.69) is 10.4 Å². The Morgan fingerprint density at radius 3 is 2.50 bits per heavy atom. The maximum Gasteiger partial charge on any atom is 0.246 e. The Morgan fingerprint density at radius 1 is 1.29 bits per heavy atom. The topological polar surface area (TPSA) is 93.5 Å². The van der Waals surface area contributed by atoms with Crippen molar-refractivity contribution in [2.75, 3.05) is 18.4 Å². The maximum absolute atomic E-state index is 12.8. The Balaban J connectivity index is 2.34. The molecule has 0 aliphatic rings. The zero-order valence-corrected chi connectivity index (χ0v) is 17.8. The van der Waals surface area contributed by atoms with Crippen LogP contribution in [0, 0.1) is 6.92 Å². The number of rotatable bonds is 9. The van der Waals surface area contributed by atoms with Gasteiger partial charge in [-0.25, -0.2) is 8.42 Å². The van der Waals surface area contributed by atoms with Gasteiger partial charge in [0, 0.05) is 19.3 Å². The summed E-state index contributed by atoms with van der Waals surface area (Å²) in [6, 6.07) is 4.51. The molecule has 0 bridgehead atoms. The number of ether oxygens (including phenoxy) is 1. The van der Waals surface area contributed by atoms with Gasteiger partial charge in [-0.3, -0.25) is 9.48 Å². The number of hydrogen-bond acceptors (Lipinski definition) is 5. The molecule has 0 spiro atoms. The molecule has 0 saturated heterocycles. The van der Waals surface area contributed by atoms with E-state index in [0.29, 0.717) is 24.5 Å². The molecule has 2 rings (SSSR count). The predicted molar refractivity (Wildman–Crippen MR) is 108 cm³/mol. The Bertz CT molecular complexity index is 918. The average molecular weight is 409 g/mol. The van der Waals surface area contributed by atoms with Crippen molar-refractivity contribution in [1.29, 1.82) is 0 Å². The van der Waals surface area contributed by atoms with Gasteiger partial charge < -0.3 is 10.1 Å². The molecule has 0 aliphatic heterocycles. The lowest BCUT2D eigenvalue weighted by atomic mass is 10.2. The molecule has 28 heavy (non-hydrogen) atoms. The van der Waals surface area contributed by atoms with Gasteiger partial charge in [-0.2, -0.15) is 9.40 Å². The maximum atomic E-state index is 12.8. The summed E-state index contributed by atoms with van der Waals surface area (Å²) < 4.78 is 34.3. The first-order chi connectivity index (χ1) is 13.2. The number of hydrogen-bond donors (Lipinski definition) is 1. The molecule has 0 aliphatic carbocycles. The molecule has 0 unspecified atom stereocenters. The highest BCUT2D eigenvalue weighted by atomic mass is 32.2. The largest absolute Gasteiger partial charge is 0.489 e. The van der Waals surface area contributed by atoms with E-state index in [9.17, 15) is 13.2 Å². The zero-order chi connectivity index (χ0) is 20.9. The van der Waals surface area contributed by atoms with E-state index in [-0.39, 0.29) is 23.5 Å². The van der Waals surface area contributed by atoms with Crippen molar-refractivity contribution in [3.05, 3.63) is 36.2 Å². The SMILES string of the molecule is CCN(CC)S(=O)(=O)c1ccc(OC(C)C)c(NC(=O)Cn2cc(C)cn2)c1. The first-order valence-electron chi connectivity index (χ1n) is 9.27. The van der Waals surface area contributed by atoms with E-state index < -0.39 is 10.0 Å². The van der Waals surface area contributed by atoms with E-state index in [0.717, 1.165) is 5.56 Å². The molecular formula is C19H28N4O4S. The summed E-state index contributed by atoms with van der Waals surface area (Å²) in [5.41, 5.74) is 1.26. The molecule has 2 aromatic rings. The standard InChI is InChI=1S/C19H28N4O4S/c1-6-23(7-2)28(25,26)16-8-9-18(27-14(3)4)17(10-16)21-19(24)13-22-12-15(5)11-20-22/h8-12,14H,6-7,13H2,1-5H3,(H,21,24). The van der Waals surface area contributed by atoms with Crippen LogP contribution in [0.2, 0.25) is 0 Å². The van der Waals surface area contributed by atoms with Crippen LogP contribution in [0.25, 0.3) is 0 Å². The minimum atomic E-state index is -3.65. The highest BCUT2D eigenvalue weighted by Gasteiger charge is 2.23. The molecule has 1 heterocycles. The fraction of sp³-hybridized carbons (Fsp3) is 0.474. The molecule has 0 atom stereocenters. The zero-order valence-electron chi connectivity index (χ0n) is 17.0. The van der Waals surface area contributed by atoms with E-state index in [4.69, 9.17) is 4.74 Å². The molecule has 0 radical (unpaired) electrons. The van der Waals surface area contributed by atoms with Crippen LogP contribution in [0.15, 0.2) is 35.5 Å². The number of sulfonamides is 1. The van der Waals surface area contributed by atoms with Crippen molar-refractivity contribution in [3.8, 4) is 5.75 Å². The summed E-state index contributed by atoms with van der Waals surface area (Å²) in [5, 5.41) is 6.85. The van der Waals surface area contributed by atoms with Gasteiger partial charge in [-0.05, 0) is 44.5 Å². The van der Waals surface area contributed by atoms with Crippen molar-refractivity contribution in [2.24, 2.45) is 0 Å². The fourth-order valence-electron chi connectivity index (χ4n) is 2.73. The Kier molecular flexibility index (Phi) is 7.20. The Morgan fingerprint density at radius 2 is 1.96 bits per heavy atom. The van der Waals surface area contributed by atoms with Crippen LogP contribution in [0.3, 0.4) is 0 Å². The summed E-state index contributed by atoms with van der Waals surface area (Å²) >= 11 is 0. The van der Waals surface area contributed by atoms with Gasteiger partial charge in [0.05, 0.1) is 22.9 Å². The molecule has 154 valence electrons. The smallest absolute Gasteiger partial charge is 0.246 e. The van der Waals surface area contributed by atoms with Crippen LogP contribution in [0.4, 0.5) is 5.69 Å². The minimum Gasteiger partial charge on any atom is -0.489 e. The van der Waals surface area contributed by atoms with Gasteiger partial charge in [0.2, 0.25) is 15.9 Å². The van der Waals surface area contributed by atoms with Crippen molar-refractivity contribution in [3.63, 3.8) is 0 Å². The lowest BCUT2D eigenvalue weighted by Gasteiger charge is -2.20. The molecule has 1 aromatic carbocycles. The Hall–Kier alpha value is -2.39. The number of carbonyl (C=O) groups excluding carboxylic acids is 1. The molecule has 1 amide bonds. The minimum absolute atomic E-state index is 0.0159. The van der Waals surface area contributed by atoms with E-state index in [1.165, 1.54) is 21.1 Å². The summed E-state index contributed by atoms with van der Waals surface area (Å²) in [6.45, 7) is 9.92. The highest BCUT2D eigenvalue weighted by Crippen LogP contribution is 2.30. The summed E-state index contributed by atoms with van der Waals surface area (Å²) in [4.78, 5) is 12.6. The van der Waals surface area contributed by atoms with Gasteiger partial charge in [-0.1, -0.05) is 13.8 Å². The number of nitrogens with zero attached hydrogens (tertiary/aromatic N) is 3. The molecular weight excluding hydrogens is 380 g/mol. The quantitative estimate of drug-likeness (QED) is 0.688. The lowest BCUT2D eigenvalue weighted by molar-refractivity contribution is -0.116. The van der Waals surface area contributed by atoms with E-state index in [1.54, 1.807) is 32.3 Å². The molecule has 0 fully saturated rings. The predicted octanol–water partition coefficient (Wildman–Crippen LogP) is 2.65. The second-order valence-corrected chi connectivity index (χ2v) is 8.62. The van der Waals surface area contributed by atoms with Crippen LogP contribution >= 0.6 is 0 Å². The second kappa shape index (κ2) is 9.20. The van der Waals surface area contributed by atoms with E-state index >= 15 is 0 Å². The number of aromatic nitrogens is 2. The summed E-state index contributed by atoms with van der Waals surface area (Å²) in [5.74, 6) is 0.0904. The van der Waals surface area contributed by atoms with Gasteiger partial charge in [0.25, 0.3) is 0 Å². The first kappa shape index (κ1) is 21.9. The number of anilines is 1. The normalized spacial score (nSPS) is 11.8. The number of nitrogens with one attached hydrogen (secondary N) is 1. The Labute approximate surface area is 166 Å². The molecule has 8 nitrogen and oxygen atoms in total. The monoisotopic (exact) mass is 408 g/mol. The van der Waals surface area contributed by atoms with Crippen LogP contribution in [0.1, 0.15) is 33.3 Å². The first-order valence-corrected chi connectivity index (χ1v) is 10.7. The van der Waals surface area contributed by atoms with Crippen molar-refractivity contribution < 1.29 is 17.9 Å². The van der Waals surface area contributed by atoms with Crippen LogP contribution < -0.4 is 10.1 Å². The lowest BCUT2D eigenvalue weighted by Crippen LogP contribution is -2.30. The van der Waals surface area contributed by atoms with Crippen molar-refractivity contribution >= 4 is 21.6 Å². The van der Waals surface area contributed by atoms with Crippen LogP contribution in [0.5, 0.6) is 5.75 Å². The second-order valence-electron chi connectivity index (χ2n) is 6.68. The number of benzene rings is 1. The van der Waals surface area contributed by atoms with Gasteiger partial charge >= 0.3 is 0 Å². The van der Waals surface area contributed by atoms with Crippen molar-refractivity contribution in [1.82, 2.24) is 14.1 Å².